The van der Waals surface area contributed by atoms with Crippen LogP contribution in [0.3, 0.4) is 0 Å². The molecule has 1 N–H and O–H groups in total. The third-order valence-corrected chi connectivity index (χ3v) is 3.92. The van der Waals surface area contributed by atoms with E-state index in [9.17, 15) is 4.79 Å². The number of nitrogens with zero attached hydrogens (tertiary/aromatic N) is 2. The number of aryl methyl sites for hydroxylation is 1. The molecule has 1 aliphatic heterocycles. The van der Waals surface area contributed by atoms with Crippen molar-refractivity contribution in [3.05, 3.63) is 35.4 Å². The van der Waals surface area contributed by atoms with E-state index in [-0.39, 0.29) is 5.97 Å². The Labute approximate surface area is 118 Å². The normalized spacial score (nSPS) is 19.2. The molecule has 0 amide bonds. The Morgan fingerprint density at radius 3 is 3.05 bits per heavy atom. The molecule has 0 aromatic carbocycles. The zero-order valence-electron chi connectivity index (χ0n) is 11.8. The maximum Gasteiger partial charge on any atom is 0.358 e. The van der Waals surface area contributed by atoms with E-state index in [2.05, 4.69) is 14.7 Å². The molecule has 0 saturated carbocycles. The van der Waals surface area contributed by atoms with E-state index in [1.165, 1.54) is 7.11 Å². The number of hydrogen-bond donors (Lipinski definition) is 1. The quantitative estimate of drug-likeness (QED) is 0.849. The van der Waals surface area contributed by atoms with Gasteiger partial charge in [-0.1, -0.05) is 6.07 Å². The van der Waals surface area contributed by atoms with E-state index >= 15 is 0 Å². The summed E-state index contributed by atoms with van der Waals surface area (Å²) in [6, 6.07) is 5.91. The Morgan fingerprint density at radius 1 is 1.50 bits per heavy atom. The summed E-state index contributed by atoms with van der Waals surface area (Å²) in [5.74, 6) is 0.935. The van der Waals surface area contributed by atoms with Crippen molar-refractivity contribution < 1.29 is 9.53 Å². The number of pyridine rings is 1. The van der Waals surface area contributed by atoms with Gasteiger partial charge in [-0.05, 0) is 38.4 Å². The van der Waals surface area contributed by atoms with Crippen LogP contribution in [0, 0.1) is 6.92 Å². The zero-order chi connectivity index (χ0) is 14.1. The lowest BCUT2D eigenvalue weighted by molar-refractivity contribution is 0.0596. The van der Waals surface area contributed by atoms with E-state index < -0.39 is 0 Å². The molecule has 1 atom stereocenters. The standard InChI is InChI=1S/C15H19N3O2/c1-10-5-3-7-12-13(15(19)20-2)17-14(18(10)12)11-6-4-8-16-9-11/h3,5,7,11,16H,4,6,8-9H2,1-2H3. The largest absolute Gasteiger partial charge is 0.464 e. The summed E-state index contributed by atoms with van der Waals surface area (Å²) in [6.45, 7) is 4.01. The molecule has 1 fully saturated rings. The molecule has 0 radical (unpaired) electrons. The predicted octanol–water partition coefficient (Wildman–Crippen LogP) is 1.90. The van der Waals surface area contributed by atoms with Gasteiger partial charge < -0.3 is 10.1 Å². The highest BCUT2D eigenvalue weighted by molar-refractivity contribution is 5.95. The summed E-state index contributed by atoms with van der Waals surface area (Å²) in [5, 5.41) is 3.40. The van der Waals surface area contributed by atoms with Gasteiger partial charge in [0, 0.05) is 18.2 Å². The first-order chi connectivity index (χ1) is 9.72. The Balaban J connectivity index is 2.18. The summed E-state index contributed by atoms with van der Waals surface area (Å²) in [4.78, 5) is 16.5. The van der Waals surface area contributed by atoms with Gasteiger partial charge in [0.15, 0.2) is 5.69 Å². The van der Waals surface area contributed by atoms with Gasteiger partial charge in [-0.3, -0.25) is 4.40 Å². The Kier molecular flexibility index (Phi) is 3.44. The third kappa shape index (κ3) is 2.08. The predicted molar refractivity (Wildman–Crippen MR) is 76.1 cm³/mol. The highest BCUT2D eigenvalue weighted by atomic mass is 16.5. The molecule has 0 bridgehead atoms. The van der Waals surface area contributed by atoms with Gasteiger partial charge in [0.05, 0.1) is 12.6 Å². The van der Waals surface area contributed by atoms with Crippen LogP contribution in [-0.4, -0.2) is 35.6 Å². The molecule has 2 aromatic rings. The summed E-state index contributed by atoms with van der Waals surface area (Å²) < 4.78 is 6.94. The number of piperidine rings is 1. The fourth-order valence-electron chi connectivity index (χ4n) is 2.92. The number of aromatic nitrogens is 2. The van der Waals surface area contributed by atoms with Crippen molar-refractivity contribution in [3.8, 4) is 0 Å². The first-order valence-electron chi connectivity index (χ1n) is 6.99. The van der Waals surface area contributed by atoms with Gasteiger partial charge in [0.25, 0.3) is 0 Å². The molecule has 1 aliphatic rings. The van der Waals surface area contributed by atoms with E-state index in [0.717, 1.165) is 43.0 Å². The average molecular weight is 273 g/mol. The van der Waals surface area contributed by atoms with Crippen LogP contribution in [0.5, 0.6) is 0 Å². The molecule has 20 heavy (non-hydrogen) atoms. The van der Waals surface area contributed by atoms with Crippen molar-refractivity contribution in [1.29, 1.82) is 0 Å². The van der Waals surface area contributed by atoms with Gasteiger partial charge >= 0.3 is 5.97 Å². The molecule has 5 heteroatoms. The highest BCUT2D eigenvalue weighted by Gasteiger charge is 2.25. The fraction of sp³-hybridized carbons (Fsp3) is 0.467. The van der Waals surface area contributed by atoms with Crippen molar-refractivity contribution in [2.75, 3.05) is 20.2 Å². The molecule has 2 aromatic heterocycles. The van der Waals surface area contributed by atoms with Crippen molar-refractivity contribution in [1.82, 2.24) is 14.7 Å². The molecule has 3 rings (SSSR count). The van der Waals surface area contributed by atoms with Crippen LogP contribution in [-0.2, 0) is 4.74 Å². The lowest BCUT2D eigenvalue weighted by atomic mass is 9.99. The van der Waals surface area contributed by atoms with E-state index in [4.69, 9.17) is 4.74 Å². The lowest BCUT2D eigenvalue weighted by Crippen LogP contribution is -2.29. The SMILES string of the molecule is COC(=O)c1nc(C2CCCNC2)n2c(C)cccc12. The van der Waals surface area contributed by atoms with Crippen LogP contribution in [0.25, 0.3) is 5.52 Å². The van der Waals surface area contributed by atoms with Crippen molar-refractivity contribution in [3.63, 3.8) is 0 Å². The Bertz CT molecular complexity index is 642. The van der Waals surface area contributed by atoms with Gasteiger partial charge in [-0.2, -0.15) is 0 Å². The highest BCUT2D eigenvalue weighted by Crippen LogP contribution is 2.26. The smallest absolute Gasteiger partial charge is 0.358 e. The molecular weight excluding hydrogens is 254 g/mol. The monoisotopic (exact) mass is 273 g/mol. The Morgan fingerprint density at radius 2 is 2.35 bits per heavy atom. The summed E-state index contributed by atoms with van der Waals surface area (Å²) in [5.41, 5.74) is 2.33. The number of esters is 1. The number of fused-ring (bicyclic) bond motifs is 1. The summed E-state index contributed by atoms with van der Waals surface area (Å²) in [6.07, 6.45) is 2.24. The van der Waals surface area contributed by atoms with Gasteiger partial charge in [-0.25, -0.2) is 9.78 Å². The number of ether oxygens (including phenoxy) is 1. The number of carbonyl (C=O) groups excluding carboxylic acids is 1. The number of methoxy groups -OCH3 is 1. The molecule has 1 saturated heterocycles. The first kappa shape index (κ1) is 13.1. The molecular formula is C15H19N3O2. The Hall–Kier alpha value is -1.88. The number of rotatable bonds is 2. The van der Waals surface area contributed by atoms with Crippen LogP contribution in [0.2, 0.25) is 0 Å². The van der Waals surface area contributed by atoms with Gasteiger partial charge in [0.2, 0.25) is 0 Å². The lowest BCUT2D eigenvalue weighted by Gasteiger charge is -2.22. The minimum Gasteiger partial charge on any atom is -0.464 e. The van der Waals surface area contributed by atoms with Crippen molar-refractivity contribution in [2.24, 2.45) is 0 Å². The molecule has 106 valence electrons. The maximum absolute atomic E-state index is 11.9. The van der Waals surface area contributed by atoms with E-state index in [1.807, 2.05) is 25.1 Å². The van der Waals surface area contributed by atoms with Crippen LogP contribution in [0.15, 0.2) is 18.2 Å². The number of imidazole rings is 1. The fourth-order valence-corrected chi connectivity index (χ4v) is 2.92. The maximum atomic E-state index is 11.9. The second-order valence-corrected chi connectivity index (χ2v) is 5.24. The number of carbonyl (C=O) groups is 1. The van der Waals surface area contributed by atoms with E-state index in [1.54, 1.807) is 0 Å². The third-order valence-electron chi connectivity index (χ3n) is 3.92. The zero-order valence-corrected chi connectivity index (χ0v) is 11.8. The van der Waals surface area contributed by atoms with E-state index in [0.29, 0.717) is 11.6 Å². The van der Waals surface area contributed by atoms with Crippen LogP contribution < -0.4 is 5.32 Å². The minimum atomic E-state index is -0.372. The van der Waals surface area contributed by atoms with Crippen LogP contribution in [0.4, 0.5) is 0 Å². The molecule has 0 spiro atoms. The van der Waals surface area contributed by atoms with Crippen molar-refractivity contribution >= 4 is 11.5 Å². The summed E-state index contributed by atoms with van der Waals surface area (Å²) in [7, 11) is 1.39. The topological polar surface area (TPSA) is 55.6 Å². The number of nitrogens with one attached hydrogen (secondary N) is 1. The van der Waals surface area contributed by atoms with Crippen LogP contribution >= 0.6 is 0 Å². The van der Waals surface area contributed by atoms with Crippen LogP contribution in [0.1, 0.15) is 40.8 Å². The van der Waals surface area contributed by atoms with Gasteiger partial charge in [0.1, 0.15) is 5.82 Å². The number of hydrogen-bond acceptors (Lipinski definition) is 4. The minimum absolute atomic E-state index is 0.343. The second-order valence-electron chi connectivity index (χ2n) is 5.24. The molecule has 5 nitrogen and oxygen atoms in total. The first-order valence-corrected chi connectivity index (χ1v) is 6.99. The van der Waals surface area contributed by atoms with Gasteiger partial charge in [-0.15, -0.1) is 0 Å². The second kappa shape index (κ2) is 5.25. The summed E-state index contributed by atoms with van der Waals surface area (Å²) >= 11 is 0. The molecule has 3 heterocycles. The van der Waals surface area contributed by atoms with Crippen molar-refractivity contribution in [2.45, 2.75) is 25.7 Å². The average Bonchev–Trinajstić information content (AvgIpc) is 2.88. The molecule has 0 aliphatic carbocycles. The molecule has 1 unspecified atom stereocenters.